The largest absolute Gasteiger partial charge is 0.484 e. The lowest BCUT2D eigenvalue weighted by molar-refractivity contribution is 0.105. The molecule has 0 saturated carbocycles. The first kappa shape index (κ1) is 15.2. The Bertz CT molecular complexity index is 443. The summed E-state index contributed by atoms with van der Waals surface area (Å²) in [4.78, 5) is 2.47. The van der Waals surface area contributed by atoms with Gasteiger partial charge in [-0.25, -0.2) is 0 Å². The van der Waals surface area contributed by atoms with Gasteiger partial charge >= 0.3 is 0 Å². The van der Waals surface area contributed by atoms with Crippen LogP contribution >= 0.6 is 0 Å². The minimum absolute atomic E-state index is 0.134. The standard InChI is InChI=1S/C17H28N2O/c1-4-5-6-7-10-19-13-17(2,3)20-16-11-14(12-18)8-9-15(16)19/h8-9,11H,4-7,10,12-13,18H2,1-3H3. The summed E-state index contributed by atoms with van der Waals surface area (Å²) < 4.78 is 6.12. The SMILES string of the molecule is CCCCCCN1CC(C)(C)Oc2cc(CN)ccc21. The molecule has 0 bridgehead atoms. The quantitative estimate of drug-likeness (QED) is 0.805. The second-order valence-electron chi connectivity index (χ2n) is 6.35. The van der Waals surface area contributed by atoms with Gasteiger partial charge in [0, 0.05) is 13.1 Å². The van der Waals surface area contributed by atoms with Crippen LogP contribution in [0.3, 0.4) is 0 Å². The molecule has 112 valence electrons. The summed E-state index contributed by atoms with van der Waals surface area (Å²) >= 11 is 0. The van der Waals surface area contributed by atoms with E-state index in [4.69, 9.17) is 10.5 Å². The Morgan fingerprint density at radius 1 is 1.25 bits per heavy atom. The van der Waals surface area contributed by atoms with Crippen molar-refractivity contribution in [2.75, 3.05) is 18.0 Å². The molecule has 0 amide bonds. The molecule has 3 heteroatoms. The average molecular weight is 276 g/mol. The molecule has 0 atom stereocenters. The predicted molar refractivity (Wildman–Crippen MR) is 85.4 cm³/mol. The van der Waals surface area contributed by atoms with Crippen LogP contribution in [0.2, 0.25) is 0 Å². The van der Waals surface area contributed by atoms with E-state index in [1.807, 2.05) is 0 Å². The van der Waals surface area contributed by atoms with Crippen molar-refractivity contribution in [3.8, 4) is 5.75 Å². The van der Waals surface area contributed by atoms with Crippen molar-refractivity contribution in [3.05, 3.63) is 23.8 Å². The van der Waals surface area contributed by atoms with E-state index in [9.17, 15) is 0 Å². The molecular formula is C17H28N2O. The minimum atomic E-state index is -0.134. The molecule has 0 unspecified atom stereocenters. The number of rotatable bonds is 6. The van der Waals surface area contributed by atoms with Crippen molar-refractivity contribution in [1.29, 1.82) is 0 Å². The first-order valence-electron chi connectivity index (χ1n) is 7.82. The lowest BCUT2D eigenvalue weighted by Gasteiger charge is -2.41. The highest BCUT2D eigenvalue weighted by atomic mass is 16.5. The second kappa shape index (κ2) is 6.49. The van der Waals surface area contributed by atoms with Crippen LogP contribution in [0, 0.1) is 0 Å². The van der Waals surface area contributed by atoms with Crippen molar-refractivity contribution in [2.24, 2.45) is 5.73 Å². The van der Waals surface area contributed by atoms with E-state index >= 15 is 0 Å². The molecule has 1 heterocycles. The van der Waals surface area contributed by atoms with E-state index in [1.54, 1.807) is 0 Å². The molecule has 1 aliphatic heterocycles. The van der Waals surface area contributed by atoms with Gasteiger partial charge in [0.05, 0.1) is 12.2 Å². The van der Waals surface area contributed by atoms with Crippen molar-refractivity contribution < 1.29 is 4.74 Å². The summed E-state index contributed by atoms with van der Waals surface area (Å²) in [6.07, 6.45) is 5.17. The fourth-order valence-electron chi connectivity index (χ4n) is 2.83. The van der Waals surface area contributed by atoms with Gasteiger partial charge in [0.25, 0.3) is 0 Å². The summed E-state index contributed by atoms with van der Waals surface area (Å²) in [5.41, 5.74) is 7.95. The minimum Gasteiger partial charge on any atom is -0.484 e. The number of benzene rings is 1. The van der Waals surface area contributed by atoms with Gasteiger partial charge < -0.3 is 15.4 Å². The van der Waals surface area contributed by atoms with Crippen molar-refractivity contribution in [1.82, 2.24) is 0 Å². The van der Waals surface area contributed by atoms with Crippen LogP contribution in [0.15, 0.2) is 18.2 Å². The molecule has 2 N–H and O–H groups in total. The van der Waals surface area contributed by atoms with Crippen molar-refractivity contribution >= 4 is 5.69 Å². The van der Waals surface area contributed by atoms with Crippen molar-refractivity contribution in [2.45, 2.75) is 58.6 Å². The summed E-state index contributed by atoms with van der Waals surface area (Å²) in [6.45, 7) is 9.19. The highest BCUT2D eigenvalue weighted by Gasteiger charge is 2.31. The van der Waals surface area contributed by atoms with Gasteiger partial charge in [-0.2, -0.15) is 0 Å². The van der Waals surface area contributed by atoms with E-state index in [0.717, 1.165) is 24.4 Å². The number of ether oxygens (including phenoxy) is 1. The van der Waals surface area contributed by atoms with E-state index in [2.05, 4.69) is 43.9 Å². The highest BCUT2D eigenvalue weighted by Crippen LogP contribution is 2.37. The smallest absolute Gasteiger partial charge is 0.143 e. The predicted octanol–water partition coefficient (Wildman–Crippen LogP) is 3.70. The van der Waals surface area contributed by atoms with Gasteiger partial charge in [0.15, 0.2) is 0 Å². The Kier molecular flexibility index (Phi) is 4.92. The first-order chi connectivity index (χ1) is 9.55. The number of nitrogens with two attached hydrogens (primary N) is 1. The molecule has 3 nitrogen and oxygen atoms in total. The molecule has 0 aromatic heterocycles. The third-order valence-corrected chi connectivity index (χ3v) is 3.84. The number of fused-ring (bicyclic) bond motifs is 1. The molecular weight excluding hydrogens is 248 g/mol. The summed E-state index contributed by atoms with van der Waals surface area (Å²) in [6, 6.07) is 6.36. The molecule has 0 fully saturated rings. The van der Waals surface area contributed by atoms with E-state index in [-0.39, 0.29) is 5.60 Å². The van der Waals surface area contributed by atoms with E-state index in [1.165, 1.54) is 31.4 Å². The normalized spacial score (nSPS) is 16.7. The Hall–Kier alpha value is -1.22. The Balaban J connectivity index is 2.13. The fraction of sp³-hybridized carbons (Fsp3) is 0.647. The lowest BCUT2D eigenvalue weighted by Crippen LogP contribution is -2.47. The van der Waals surface area contributed by atoms with E-state index in [0.29, 0.717) is 6.54 Å². The van der Waals surface area contributed by atoms with Crippen LogP contribution in [-0.2, 0) is 6.54 Å². The lowest BCUT2D eigenvalue weighted by atomic mass is 10.0. The topological polar surface area (TPSA) is 38.5 Å². The Morgan fingerprint density at radius 3 is 2.75 bits per heavy atom. The zero-order valence-electron chi connectivity index (χ0n) is 13.1. The zero-order valence-corrected chi connectivity index (χ0v) is 13.1. The van der Waals surface area contributed by atoms with Gasteiger partial charge in [-0.05, 0) is 38.0 Å². The molecule has 0 spiro atoms. The molecule has 0 radical (unpaired) electrons. The maximum atomic E-state index is 6.12. The van der Waals surface area contributed by atoms with Crippen LogP contribution in [0.5, 0.6) is 5.75 Å². The molecule has 1 aromatic rings. The van der Waals surface area contributed by atoms with Gasteiger partial charge in [0.2, 0.25) is 0 Å². The van der Waals surface area contributed by atoms with Crippen LogP contribution < -0.4 is 15.4 Å². The molecule has 2 rings (SSSR count). The van der Waals surface area contributed by atoms with Crippen LogP contribution in [-0.4, -0.2) is 18.7 Å². The third kappa shape index (κ3) is 3.66. The zero-order chi connectivity index (χ0) is 14.6. The summed E-state index contributed by atoms with van der Waals surface area (Å²) in [7, 11) is 0. The number of anilines is 1. The molecule has 1 aromatic carbocycles. The number of hydrogen-bond acceptors (Lipinski definition) is 3. The highest BCUT2D eigenvalue weighted by molar-refractivity contribution is 5.61. The number of hydrogen-bond donors (Lipinski definition) is 1. The Morgan fingerprint density at radius 2 is 2.05 bits per heavy atom. The molecule has 1 aliphatic rings. The molecule has 0 saturated heterocycles. The summed E-state index contributed by atoms with van der Waals surface area (Å²) in [5.74, 6) is 0.986. The monoisotopic (exact) mass is 276 g/mol. The van der Waals surface area contributed by atoms with Crippen LogP contribution in [0.1, 0.15) is 52.0 Å². The van der Waals surface area contributed by atoms with Gasteiger partial charge in [-0.1, -0.05) is 32.3 Å². The first-order valence-corrected chi connectivity index (χ1v) is 7.82. The molecule has 0 aliphatic carbocycles. The maximum absolute atomic E-state index is 6.12. The average Bonchev–Trinajstić information content (AvgIpc) is 2.41. The molecule has 20 heavy (non-hydrogen) atoms. The van der Waals surface area contributed by atoms with Gasteiger partial charge in [-0.3, -0.25) is 0 Å². The number of unbranched alkanes of at least 4 members (excludes halogenated alkanes) is 3. The summed E-state index contributed by atoms with van der Waals surface area (Å²) in [5, 5.41) is 0. The van der Waals surface area contributed by atoms with Crippen LogP contribution in [0.4, 0.5) is 5.69 Å². The third-order valence-electron chi connectivity index (χ3n) is 3.84. The fourth-order valence-corrected chi connectivity index (χ4v) is 2.83. The van der Waals surface area contributed by atoms with Crippen molar-refractivity contribution in [3.63, 3.8) is 0 Å². The Labute approximate surface area is 123 Å². The maximum Gasteiger partial charge on any atom is 0.143 e. The number of nitrogens with zero attached hydrogens (tertiary/aromatic N) is 1. The second-order valence-corrected chi connectivity index (χ2v) is 6.35. The van der Waals surface area contributed by atoms with Gasteiger partial charge in [0.1, 0.15) is 11.4 Å². The van der Waals surface area contributed by atoms with E-state index < -0.39 is 0 Å². The van der Waals surface area contributed by atoms with Crippen LogP contribution in [0.25, 0.3) is 0 Å². The van der Waals surface area contributed by atoms with Gasteiger partial charge in [-0.15, -0.1) is 0 Å².